The summed E-state index contributed by atoms with van der Waals surface area (Å²) in [6, 6.07) is 3.83. The van der Waals surface area contributed by atoms with Crippen molar-refractivity contribution < 1.29 is 19.4 Å². The van der Waals surface area contributed by atoms with Gasteiger partial charge in [-0.05, 0) is 37.3 Å². The van der Waals surface area contributed by atoms with Crippen molar-refractivity contribution in [3.63, 3.8) is 0 Å². The van der Waals surface area contributed by atoms with Crippen LogP contribution in [0.5, 0.6) is 0 Å². The third-order valence-electron chi connectivity index (χ3n) is 5.81. The second-order valence-electron chi connectivity index (χ2n) is 7.59. The van der Waals surface area contributed by atoms with E-state index in [0.29, 0.717) is 39.0 Å². The molecule has 7 heteroatoms. The molecule has 0 aromatic carbocycles. The predicted molar refractivity (Wildman–Crippen MR) is 92.8 cm³/mol. The number of aromatic nitrogens is 1. The number of hydrogen-bond acceptors (Lipinski definition) is 5. The van der Waals surface area contributed by atoms with E-state index in [9.17, 15) is 14.7 Å². The van der Waals surface area contributed by atoms with Crippen LogP contribution < -0.4 is 5.32 Å². The summed E-state index contributed by atoms with van der Waals surface area (Å²) < 4.78 is 5.80. The number of piperidine rings is 1. The third-order valence-corrected chi connectivity index (χ3v) is 5.81. The number of likely N-dealkylation sites (tertiary alicyclic amines) is 1. The Kier molecular flexibility index (Phi) is 4.91. The van der Waals surface area contributed by atoms with Crippen LogP contribution in [0.1, 0.15) is 31.2 Å². The summed E-state index contributed by atoms with van der Waals surface area (Å²) in [5, 5.41) is 12.5. The molecule has 2 amide bonds. The minimum atomic E-state index is -0.358. The molecule has 3 atom stereocenters. The van der Waals surface area contributed by atoms with Crippen LogP contribution in [0.4, 0.5) is 0 Å². The zero-order chi connectivity index (χ0) is 18.1. The summed E-state index contributed by atoms with van der Waals surface area (Å²) in [5.74, 6) is -0.349. The molecule has 3 fully saturated rings. The van der Waals surface area contributed by atoms with Crippen molar-refractivity contribution in [2.75, 3.05) is 13.2 Å². The van der Waals surface area contributed by atoms with Gasteiger partial charge in [0.1, 0.15) is 0 Å². The number of carbonyl (C=O) groups is 2. The maximum atomic E-state index is 12.8. The van der Waals surface area contributed by atoms with Gasteiger partial charge in [0.2, 0.25) is 11.8 Å². The van der Waals surface area contributed by atoms with Gasteiger partial charge < -0.3 is 20.1 Å². The first-order valence-corrected chi connectivity index (χ1v) is 9.38. The number of ether oxygens (including phenoxy) is 1. The molecular weight excluding hydrogens is 334 g/mol. The summed E-state index contributed by atoms with van der Waals surface area (Å²) in [4.78, 5) is 31.4. The Morgan fingerprint density at radius 2 is 2.15 bits per heavy atom. The minimum Gasteiger partial charge on any atom is -0.393 e. The van der Waals surface area contributed by atoms with E-state index in [2.05, 4.69) is 10.3 Å². The van der Waals surface area contributed by atoms with Crippen molar-refractivity contribution in [1.82, 2.24) is 15.2 Å². The molecule has 1 saturated carbocycles. The molecule has 3 aliphatic rings. The molecule has 4 rings (SSSR count). The van der Waals surface area contributed by atoms with Crippen molar-refractivity contribution in [3.8, 4) is 0 Å². The summed E-state index contributed by atoms with van der Waals surface area (Å²) in [6.45, 7) is 1.51. The van der Waals surface area contributed by atoms with Gasteiger partial charge in [-0.1, -0.05) is 6.07 Å². The second-order valence-corrected chi connectivity index (χ2v) is 7.59. The lowest BCUT2D eigenvalue weighted by Crippen LogP contribution is -2.57. The third kappa shape index (κ3) is 3.46. The quantitative estimate of drug-likeness (QED) is 0.816. The average Bonchev–Trinajstić information content (AvgIpc) is 3.11. The first kappa shape index (κ1) is 17.4. The van der Waals surface area contributed by atoms with Crippen molar-refractivity contribution in [2.24, 2.45) is 11.8 Å². The molecule has 0 radical (unpaired) electrons. The van der Waals surface area contributed by atoms with Gasteiger partial charge in [0, 0.05) is 38.0 Å². The second kappa shape index (κ2) is 7.32. The largest absolute Gasteiger partial charge is 0.393 e. The van der Waals surface area contributed by atoms with E-state index in [1.54, 1.807) is 12.4 Å². The molecule has 1 aromatic heterocycles. The van der Waals surface area contributed by atoms with Crippen LogP contribution in [0.15, 0.2) is 24.5 Å². The van der Waals surface area contributed by atoms with E-state index in [0.717, 1.165) is 12.0 Å². The van der Waals surface area contributed by atoms with Crippen LogP contribution in [0, 0.1) is 11.8 Å². The van der Waals surface area contributed by atoms with Crippen LogP contribution in [-0.4, -0.2) is 58.2 Å². The molecule has 0 unspecified atom stereocenters. The van der Waals surface area contributed by atoms with E-state index in [1.165, 1.54) is 0 Å². The number of amides is 2. The Labute approximate surface area is 152 Å². The number of aliphatic hydroxyl groups excluding tert-OH is 1. The Bertz CT molecular complexity index is 662. The topological polar surface area (TPSA) is 91.8 Å². The highest BCUT2D eigenvalue weighted by molar-refractivity contribution is 5.83. The molecule has 0 spiro atoms. The minimum absolute atomic E-state index is 0.0470. The van der Waals surface area contributed by atoms with E-state index in [4.69, 9.17) is 4.74 Å². The Morgan fingerprint density at radius 1 is 1.31 bits per heavy atom. The molecule has 1 aromatic rings. The number of aliphatic hydroxyl groups is 1. The fourth-order valence-corrected chi connectivity index (χ4v) is 4.25. The van der Waals surface area contributed by atoms with Gasteiger partial charge in [-0.2, -0.15) is 0 Å². The van der Waals surface area contributed by atoms with Crippen molar-refractivity contribution in [1.29, 1.82) is 0 Å². The van der Waals surface area contributed by atoms with Gasteiger partial charge in [0.05, 0.1) is 24.2 Å². The zero-order valence-corrected chi connectivity index (χ0v) is 14.7. The van der Waals surface area contributed by atoms with Gasteiger partial charge in [-0.25, -0.2) is 0 Å². The first-order chi connectivity index (χ1) is 12.6. The normalized spacial score (nSPS) is 33.3. The van der Waals surface area contributed by atoms with Crippen LogP contribution in [0.3, 0.4) is 0 Å². The van der Waals surface area contributed by atoms with E-state index in [-0.39, 0.29) is 41.9 Å². The maximum absolute atomic E-state index is 12.8. The fraction of sp³-hybridized carbons (Fsp3) is 0.632. The molecule has 2 saturated heterocycles. The number of carbonyl (C=O) groups excluding carboxylic acids is 2. The molecule has 1 aliphatic carbocycles. The number of rotatable bonds is 4. The van der Waals surface area contributed by atoms with E-state index >= 15 is 0 Å². The Morgan fingerprint density at radius 3 is 2.88 bits per heavy atom. The average molecular weight is 359 g/mol. The van der Waals surface area contributed by atoms with Gasteiger partial charge in [-0.15, -0.1) is 0 Å². The summed E-state index contributed by atoms with van der Waals surface area (Å²) >= 11 is 0. The van der Waals surface area contributed by atoms with Gasteiger partial charge in [0.25, 0.3) is 0 Å². The molecule has 2 aliphatic heterocycles. The molecule has 7 nitrogen and oxygen atoms in total. The Balaban J connectivity index is 1.40. The Hall–Kier alpha value is -1.99. The van der Waals surface area contributed by atoms with Crippen LogP contribution in [-0.2, 0) is 20.9 Å². The maximum Gasteiger partial charge on any atom is 0.226 e. The molecular formula is C19H25N3O4. The summed E-state index contributed by atoms with van der Waals surface area (Å²) in [6.07, 6.45) is 5.56. The van der Waals surface area contributed by atoms with E-state index in [1.807, 2.05) is 17.0 Å². The number of nitrogens with zero attached hydrogens (tertiary/aromatic N) is 2. The predicted octanol–water partition coefficient (Wildman–Crippen LogP) is 0.475. The van der Waals surface area contributed by atoms with Crippen LogP contribution >= 0.6 is 0 Å². The summed E-state index contributed by atoms with van der Waals surface area (Å²) in [5.41, 5.74) is 0.947. The molecule has 26 heavy (non-hydrogen) atoms. The lowest BCUT2D eigenvalue weighted by Gasteiger charge is -2.43. The van der Waals surface area contributed by atoms with Crippen LogP contribution in [0.25, 0.3) is 0 Å². The highest BCUT2D eigenvalue weighted by atomic mass is 16.5. The molecule has 140 valence electrons. The number of pyridine rings is 1. The standard InChI is InChI=1S/C19H25N3O4/c23-15-6-13(7-15)19(25)22-11-14(8-17-16(22)3-5-26-17)18(24)21-10-12-2-1-4-20-9-12/h1-2,4,9,13-17,23H,3,5-8,10-11H2,(H,21,24)/t13?,14-,15?,16-,17-/m1/s1. The zero-order valence-electron chi connectivity index (χ0n) is 14.7. The molecule has 3 heterocycles. The van der Waals surface area contributed by atoms with Crippen molar-refractivity contribution in [2.45, 2.75) is 50.5 Å². The smallest absolute Gasteiger partial charge is 0.226 e. The van der Waals surface area contributed by atoms with Gasteiger partial charge in [-0.3, -0.25) is 14.6 Å². The lowest BCUT2D eigenvalue weighted by atomic mass is 9.79. The SMILES string of the molecule is O=C(NCc1cccnc1)[C@@H]1C[C@H]2OCC[C@H]2N(C(=O)C2CC(O)C2)C1. The van der Waals surface area contributed by atoms with Gasteiger partial charge >= 0.3 is 0 Å². The first-order valence-electron chi connectivity index (χ1n) is 9.38. The highest BCUT2D eigenvalue weighted by Gasteiger charge is 2.47. The number of nitrogens with one attached hydrogen (secondary N) is 1. The van der Waals surface area contributed by atoms with Crippen molar-refractivity contribution >= 4 is 11.8 Å². The number of hydrogen-bond donors (Lipinski definition) is 2. The lowest BCUT2D eigenvalue weighted by molar-refractivity contribution is -0.151. The van der Waals surface area contributed by atoms with Crippen molar-refractivity contribution in [3.05, 3.63) is 30.1 Å². The number of fused-ring (bicyclic) bond motifs is 1. The summed E-state index contributed by atoms with van der Waals surface area (Å²) in [7, 11) is 0. The monoisotopic (exact) mass is 359 g/mol. The van der Waals surface area contributed by atoms with E-state index < -0.39 is 0 Å². The fourth-order valence-electron chi connectivity index (χ4n) is 4.25. The van der Waals surface area contributed by atoms with Crippen LogP contribution in [0.2, 0.25) is 0 Å². The van der Waals surface area contributed by atoms with Gasteiger partial charge in [0.15, 0.2) is 0 Å². The molecule has 2 N–H and O–H groups in total. The molecule has 0 bridgehead atoms. The highest BCUT2D eigenvalue weighted by Crippen LogP contribution is 2.36.